The molecule has 0 spiro atoms. The first-order valence-electron chi connectivity index (χ1n) is 22.3. The van der Waals surface area contributed by atoms with Gasteiger partial charge in [0.15, 0.2) is 12.2 Å². The van der Waals surface area contributed by atoms with Crippen molar-refractivity contribution in [2.75, 3.05) is 26.4 Å². The van der Waals surface area contributed by atoms with E-state index in [1.807, 2.05) is 86.6 Å². The summed E-state index contributed by atoms with van der Waals surface area (Å²) in [6.07, 6.45) is 10.7. The maximum Gasteiger partial charge on any atom is 0.306 e. The Morgan fingerprint density at radius 1 is 0.467 bits per heavy atom. The van der Waals surface area contributed by atoms with Gasteiger partial charge >= 0.3 is 11.9 Å². The van der Waals surface area contributed by atoms with E-state index in [4.69, 9.17) is 28.4 Å². The van der Waals surface area contributed by atoms with E-state index in [9.17, 15) is 9.59 Å². The molecule has 2 atom stereocenters. The monoisotopic (exact) mass is 818 g/mol. The van der Waals surface area contributed by atoms with E-state index < -0.39 is 12.2 Å². The molecule has 5 aromatic carbocycles. The second kappa shape index (κ2) is 24.7. The van der Waals surface area contributed by atoms with Crippen molar-refractivity contribution >= 4 is 33.5 Å². The minimum atomic E-state index is -0.650. The Labute approximate surface area is 357 Å². The zero-order valence-electron chi connectivity index (χ0n) is 36.6. The van der Waals surface area contributed by atoms with Crippen molar-refractivity contribution in [2.24, 2.45) is 0 Å². The number of aryl methyl sites for hydroxylation is 3. The molecular formula is C52H66O8. The average Bonchev–Trinajstić information content (AvgIpc) is 3.25. The number of fused-ring (bicyclic) bond motifs is 2. The predicted octanol–water partition coefficient (Wildman–Crippen LogP) is 12.6. The van der Waals surface area contributed by atoms with Gasteiger partial charge in [0, 0.05) is 34.4 Å². The summed E-state index contributed by atoms with van der Waals surface area (Å²) in [5.41, 5.74) is 3.30. The second-order valence-corrected chi connectivity index (χ2v) is 15.9. The van der Waals surface area contributed by atoms with E-state index in [1.165, 1.54) is 0 Å². The average molecular weight is 819 g/mol. The van der Waals surface area contributed by atoms with Gasteiger partial charge in [-0.3, -0.25) is 9.59 Å². The standard InChI is InChI=1S/C52H66O8/c1-6-9-11-13-15-27-49(53)59-43(34-55-41-23-19-21-38(4)31-41)36-57-51-45-25-17-18-26-46(45)52(48-33-40(8-3)29-30-47(48)51)58-37-44(35-56-42-24-20-22-39(5)32-42)60-50(54)28-16-14-12-10-7-2/h17-26,29-33,43-44H,6-16,27-28,34-37H2,1-5H3. The summed E-state index contributed by atoms with van der Waals surface area (Å²) < 4.78 is 37.9. The van der Waals surface area contributed by atoms with Gasteiger partial charge in [0.2, 0.25) is 0 Å². The van der Waals surface area contributed by atoms with Crippen molar-refractivity contribution in [2.45, 2.75) is 130 Å². The molecule has 0 N–H and O–H groups in total. The first kappa shape index (κ1) is 45.8. The number of carbonyl (C=O) groups is 2. The quantitative estimate of drug-likeness (QED) is 0.0294. The third-order valence-electron chi connectivity index (χ3n) is 10.6. The van der Waals surface area contributed by atoms with E-state index in [2.05, 4.69) is 39.0 Å². The summed E-state index contributed by atoms with van der Waals surface area (Å²) in [6.45, 7) is 11.0. The van der Waals surface area contributed by atoms with Gasteiger partial charge in [0.25, 0.3) is 0 Å². The third-order valence-corrected chi connectivity index (χ3v) is 10.6. The number of rotatable bonds is 27. The molecular weight excluding hydrogens is 753 g/mol. The second-order valence-electron chi connectivity index (χ2n) is 15.9. The van der Waals surface area contributed by atoms with E-state index in [0.29, 0.717) is 35.8 Å². The molecule has 5 aromatic rings. The number of benzene rings is 5. The first-order valence-corrected chi connectivity index (χ1v) is 22.3. The number of hydrogen-bond acceptors (Lipinski definition) is 8. The highest BCUT2D eigenvalue weighted by atomic mass is 16.6. The van der Waals surface area contributed by atoms with Crippen LogP contribution < -0.4 is 18.9 Å². The maximum atomic E-state index is 13.2. The molecule has 0 saturated carbocycles. The largest absolute Gasteiger partial charge is 0.490 e. The first-order chi connectivity index (χ1) is 29.3. The Balaban J connectivity index is 1.40. The third kappa shape index (κ3) is 14.5. The molecule has 60 heavy (non-hydrogen) atoms. The van der Waals surface area contributed by atoms with Crippen molar-refractivity contribution in [3.63, 3.8) is 0 Å². The van der Waals surface area contributed by atoms with Crippen LogP contribution in [0.5, 0.6) is 23.0 Å². The summed E-state index contributed by atoms with van der Waals surface area (Å²) >= 11 is 0. The van der Waals surface area contributed by atoms with Crippen LogP contribution in [-0.4, -0.2) is 50.6 Å². The molecule has 0 aliphatic rings. The molecule has 0 bridgehead atoms. The summed E-state index contributed by atoms with van der Waals surface area (Å²) in [4.78, 5) is 26.3. The molecule has 8 nitrogen and oxygen atoms in total. The van der Waals surface area contributed by atoms with Crippen LogP contribution in [-0.2, 0) is 25.5 Å². The summed E-state index contributed by atoms with van der Waals surface area (Å²) in [5.74, 6) is 2.25. The normalized spacial score (nSPS) is 12.2. The maximum absolute atomic E-state index is 13.2. The zero-order valence-corrected chi connectivity index (χ0v) is 36.6. The molecule has 2 unspecified atom stereocenters. The van der Waals surface area contributed by atoms with Crippen molar-refractivity contribution in [3.05, 3.63) is 108 Å². The summed E-state index contributed by atoms with van der Waals surface area (Å²) in [5, 5.41) is 3.44. The van der Waals surface area contributed by atoms with Gasteiger partial charge in [0.1, 0.15) is 49.4 Å². The predicted molar refractivity (Wildman–Crippen MR) is 242 cm³/mol. The van der Waals surface area contributed by atoms with Gasteiger partial charge in [-0.25, -0.2) is 0 Å². The van der Waals surface area contributed by atoms with Crippen LogP contribution in [0.15, 0.2) is 91.0 Å². The Kier molecular flexibility index (Phi) is 18.9. The lowest BCUT2D eigenvalue weighted by atomic mass is 9.98. The van der Waals surface area contributed by atoms with Crippen LogP contribution in [0.4, 0.5) is 0 Å². The van der Waals surface area contributed by atoms with Gasteiger partial charge < -0.3 is 28.4 Å². The summed E-state index contributed by atoms with van der Waals surface area (Å²) in [6, 6.07) is 30.0. The highest BCUT2D eigenvalue weighted by molar-refractivity contribution is 6.11. The SMILES string of the molecule is CCCCCCCC(=O)OC(COc1cccc(C)c1)COc1c2ccccc2c(OCC(COc2cccc(C)c2)OC(=O)CCCCCCC)c2cc(CC)ccc12. The molecule has 0 heterocycles. The minimum Gasteiger partial charge on any atom is -0.490 e. The van der Waals surface area contributed by atoms with Gasteiger partial charge in [-0.1, -0.05) is 133 Å². The molecule has 0 aliphatic heterocycles. The molecule has 0 amide bonds. The van der Waals surface area contributed by atoms with Crippen LogP contribution in [0.25, 0.3) is 21.5 Å². The van der Waals surface area contributed by atoms with Crippen molar-refractivity contribution in [3.8, 4) is 23.0 Å². The lowest BCUT2D eigenvalue weighted by Gasteiger charge is -2.23. The van der Waals surface area contributed by atoms with E-state index in [0.717, 1.165) is 109 Å². The smallest absolute Gasteiger partial charge is 0.306 e. The Bertz CT molecular complexity index is 2090. The van der Waals surface area contributed by atoms with Gasteiger partial charge in [0.05, 0.1) is 0 Å². The van der Waals surface area contributed by atoms with E-state index >= 15 is 0 Å². The van der Waals surface area contributed by atoms with Gasteiger partial charge in [-0.2, -0.15) is 0 Å². The fraction of sp³-hybridized carbons (Fsp3) is 0.462. The minimum absolute atomic E-state index is 0.0922. The van der Waals surface area contributed by atoms with Gasteiger partial charge in [-0.05, 0) is 80.1 Å². The fourth-order valence-corrected chi connectivity index (χ4v) is 7.29. The highest BCUT2D eigenvalue weighted by Crippen LogP contribution is 2.43. The Morgan fingerprint density at radius 2 is 0.917 bits per heavy atom. The molecule has 8 heteroatoms. The van der Waals surface area contributed by atoms with Gasteiger partial charge in [-0.15, -0.1) is 0 Å². The molecule has 0 radical (unpaired) electrons. The number of ether oxygens (including phenoxy) is 6. The number of carbonyl (C=O) groups excluding carboxylic acids is 2. The van der Waals surface area contributed by atoms with Crippen LogP contribution >= 0.6 is 0 Å². The highest BCUT2D eigenvalue weighted by Gasteiger charge is 2.23. The van der Waals surface area contributed by atoms with Crippen molar-refractivity contribution in [1.29, 1.82) is 0 Å². The number of esters is 2. The molecule has 0 fully saturated rings. The molecule has 5 rings (SSSR count). The number of hydrogen-bond donors (Lipinski definition) is 0. The van der Waals surface area contributed by atoms with Crippen molar-refractivity contribution in [1.82, 2.24) is 0 Å². The Hall–Kier alpha value is -5.24. The summed E-state index contributed by atoms with van der Waals surface area (Å²) in [7, 11) is 0. The molecule has 322 valence electrons. The molecule has 0 saturated heterocycles. The van der Waals surface area contributed by atoms with E-state index in [1.54, 1.807) is 0 Å². The lowest BCUT2D eigenvalue weighted by molar-refractivity contribution is -0.153. The van der Waals surface area contributed by atoms with Crippen LogP contribution in [0.2, 0.25) is 0 Å². The van der Waals surface area contributed by atoms with Crippen LogP contribution in [0.1, 0.15) is 115 Å². The Morgan fingerprint density at radius 3 is 1.38 bits per heavy atom. The van der Waals surface area contributed by atoms with E-state index in [-0.39, 0.29) is 38.4 Å². The van der Waals surface area contributed by atoms with Crippen LogP contribution in [0, 0.1) is 13.8 Å². The van der Waals surface area contributed by atoms with Crippen molar-refractivity contribution < 1.29 is 38.0 Å². The fourth-order valence-electron chi connectivity index (χ4n) is 7.29. The molecule has 0 aromatic heterocycles. The van der Waals surface area contributed by atoms with Crippen LogP contribution in [0.3, 0.4) is 0 Å². The number of unbranched alkanes of at least 4 members (excludes halogenated alkanes) is 8. The topological polar surface area (TPSA) is 89.5 Å². The zero-order chi connectivity index (χ0) is 42.5. The molecule has 0 aliphatic carbocycles. The lowest BCUT2D eigenvalue weighted by Crippen LogP contribution is -2.31.